The van der Waals surface area contributed by atoms with Crippen molar-refractivity contribution in [1.29, 1.82) is 4.78 Å². The molecule has 0 spiro atoms. The molecule has 4 aromatic rings. The van der Waals surface area contributed by atoms with Crippen LogP contribution in [0.4, 0.5) is 23.0 Å². The maximum atomic E-state index is 12.7. The molecule has 0 bridgehead atoms. The van der Waals surface area contributed by atoms with Crippen molar-refractivity contribution in [2.75, 3.05) is 24.0 Å². The van der Waals surface area contributed by atoms with Crippen LogP contribution in [0.3, 0.4) is 0 Å². The summed E-state index contributed by atoms with van der Waals surface area (Å²) in [5, 5.41) is 10.8. The Kier molecular flexibility index (Phi) is 7.48. The number of methoxy groups -OCH3 is 1. The van der Waals surface area contributed by atoms with Crippen LogP contribution in [0.1, 0.15) is 29.3 Å². The summed E-state index contributed by atoms with van der Waals surface area (Å²) in [5.74, 6) is 2.11. The molecule has 192 valence electrons. The Hall–Kier alpha value is -4.32. The summed E-state index contributed by atoms with van der Waals surface area (Å²) in [6, 6.07) is 10.8. The number of pyridine rings is 2. The first-order valence-electron chi connectivity index (χ1n) is 11.4. The number of anilines is 4. The average molecular weight is 521 g/mol. The molecule has 4 rings (SSSR count). The third-order valence-corrected chi connectivity index (χ3v) is 6.26. The first kappa shape index (κ1) is 25.8. The van der Waals surface area contributed by atoms with Crippen molar-refractivity contribution in [2.45, 2.75) is 19.1 Å². The molecule has 1 unspecified atom stereocenters. The molecule has 3 heterocycles. The number of benzene rings is 1. The number of ether oxygens (including phenoxy) is 1. The molecule has 0 aliphatic carbocycles. The summed E-state index contributed by atoms with van der Waals surface area (Å²) in [5.41, 5.74) is 3.03. The molecule has 12 heteroatoms. The van der Waals surface area contributed by atoms with Crippen LogP contribution >= 0.6 is 0 Å². The molecule has 0 aliphatic heterocycles. The monoisotopic (exact) mass is 520 g/mol. The number of ketones is 1. The standard InChI is InChI=1S/C25H28N8O3S/c1-5-21(34)18-13-28-23(31-22-10-9-16(12-27-22)14-37(4,26)35)11-20(18)30-19-8-6-7-17(24(19)36-3)25-29-15-33(2)32-25/h6-13,15,26H,5,14H2,1-4H3,(H2,27,28,30,31). The van der Waals surface area contributed by atoms with E-state index >= 15 is 0 Å². The van der Waals surface area contributed by atoms with Crippen LogP contribution in [0, 0.1) is 4.78 Å². The normalized spacial score (nSPS) is 12.5. The Morgan fingerprint density at radius 1 is 1.08 bits per heavy atom. The summed E-state index contributed by atoms with van der Waals surface area (Å²) >= 11 is 0. The van der Waals surface area contributed by atoms with E-state index in [1.807, 2.05) is 18.2 Å². The van der Waals surface area contributed by atoms with Crippen molar-refractivity contribution in [2.24, 2.45) is 7.05 Å². The SMILES string of the molecule is CCC(=O)c1cnc(Nc2ccc(CS(C)(=N)=O)cn2)cc1Nc1cccc(-c2ncn(C)n2)c1OC. The first-order chi connectivity index (χ1) is 17.7. The fraction of sp³-hybridized carbons (Fsp3) is 0.240. The van der Waals surface area contributed by atoms with Gasteiger partial charge in [0.25, 0.3) is 0 Å². The van der Waals surface area contributed by atoms with Crippen LogP contribution in [-0.2, 0) is 22.5 Å². The van der Waals surface area contributed by atoms with Gasteiger partial charge in [0.2, 0.25) is 0 Å². The number of aryl methyl sites for hydroxylation is 1. The molecule has 3 N–H and O–H groups in total. The Balaban J connectivity index is 1.66. The van der Waals surface area contributed by atoms with Gasteiger partial charge in [-0.25, -0.2) is 19.2 Å². The lowest BCUT2D eigenvalue weighted by Gasteiger charge is -2.17. The number of para-hydroxylation sites is 1. The summed E-state index contributed by atoms with van der Waals surface area (Å²) in [6.45, 7) is 1.79. The largest absolute Gasteiger partial charge is 0.494 e. The minimum atomic E-state index is -2.66. The molecule has 1 aromatic carbocycles. The molecular formula is C25H28N8O3S. The Morgan fingerprint density at radius 3 is 2.49 bits per heavy atom. The van der Waals surface area contributed by atoms with E-state index in [1.54, 1.807) is 56.5 Å². The lowest BCUT2D eigenvalue weighted by molar-refractivity contribution is 0.0988. The smallest absolute Gasteiger partial charge is 0.184 e. The third kappa shape index (κ3) is 6.28. The predicted molar refractivity (Wildman–Crippen MR) is 143 cm³/mol. The fourth-order valence-electron chi connectivity index (χ4n) is 3.71. The summed E-state index contributed by atoms with van der Waals surface area (Å²) < 4.78 is 26.7. The van der Waals surface area contributed by atoms with Gasteiger partial charge >= 0.3 is 0 Å². The quantitative estimate of drug-likeness (QED) is 0.256. The molecule has 0 saturated heterocycles. The van der Waals surface area contributed by atoms with Crippen LogP contribution in [0.2, 0.25) is 0 Å². The van der Waals surface area contributed by atoms with Gasteiger partial charge in [0, 0.05) is 47.9 Å². The number of nitrogens with zero attached hydrogens (tertiary/aromatic N) is 5. The summed E-state index contributed by atoms with van der Waals surface area (Å²) in [6.07, 6.45) is 6.43. The highest BCUT2D eigenvalue weighted by atomic mass is 32.2. The van der Waals surface area contributed by atoms with E-state index in [4.69, 9.17) is 9.52 Å². The van der Waals surface area contributed by atoms with Gasteiger partial charge in [0.15, 0.2) is 17.4 Å². The molecule has 1 atom stereocenters. The van der Waals surface area contributed by atoms with E-state index in [2.05, 4.69) is 30.7 Å². The van der Waals surface area contributed by atoms with Crippen LogP contribution in [0.15, 0.2) is 55.1 Å². The van der Waals surface area contributed by atoms with Crippen molar-refractivity contribution in [1.82, 2.24) is 24.7 Å². The zero-order valence-electron chi connectivity index (χ0n) is 21.0. The van der Waals surface area contributed by atoms with Crippen LogP contribution in [0.5, 0.6) is 5.75 Å². The maximum absolute atomic E-state index is 12.7. The van der Waals surface area contributed by atoms with E-state index in [0.717, 1.165) is 0 Å². The van der Waals surface area contributed by atoms with Gasteiger partial charge in [-0.05, 0) is 23.8 Å². The minimum absolute atomic E-state index is 0.0656. The highest BCUT2D eigenvalue weighted by Crippen LogP contribution is 2.37. The summed E-state index contributed by atoms with van der Waals surface area (Å²) in [4.78, 5) is 25.7. The number of nitrogens with one attached hydrogen (secondary N) is 3. The number of Topliss-reactive ketones (excluding diaryl/α,β-unsaturated/α-hetero) is 1. The average Bonchev–Trinajstić information content (AvgIpc) is 3.30. The van der Waals surface area contributed by atoms with Gasteiger partial charge in [-0.1, -0.05) is 19.1 Å². The van der Waals surface area contributed by atoms with Gasteiger partial charge in [-0.3, -0.25) is 14.3 Å². The van der Waals surface area contributed by atoms with Gasteiger partial charge in [0.1, 0.15) is 18.0 Å². The van der Waals surface area contributed by atoms with E-state index in [9.17, 15) is 9.00 Å². The number of carbonyl (C=O) groups is 1. The van der Waals surface area contributed by atoms with E-state index in [-0.39, 0.29) is 11.5 Å². The lowest BCUT2D eigenvalue weighted by Crippen LogP contribution is -2.07. The van der Waals surface area contributed by atoms with Crippen molar-refractivity contribution < 1.29 is 13.7 Å². The zero-order valence-corrected chi connectivity index (χ0v) is 21.8. The van der Waals surface area contributed by atoms with E-state index in [0.29, 0.717) is 57.7 Å². The molecule has 0 saturated carbocycles. The summed E-state index contributed by atoms with van der Waals surface area (Å²) in [7, 11) is 0.700. The molecule has 37 heavy (non-hydrogen) atoms. The van der Waals surface area contributed by atoms with Crippen LogP contribution in [-0.4, -0.2) is 48.1 Å². The zero-order chi connectivity index (χ0) is 26.6. The molecule has 0 aliphatic rings. The first-order valence-corrected chi connectivity index (χ1v) is 13.6. The molecule has 0 amide bonds. The Labute approximate surface area is 215 Å². The molecular weight excluding hydrogens is 492 g/mol. The van der Waals surface area contributed by atoms with Crippen molar-refractivity contribution in [3.8, 4) is 17.1 Å². The topological polar surface area (TPSA) is 148 Å². The second-order valence-electron chi connectivity index (χ2n) is 8.47. The fourth-order valence-corrected chi connectivity index (χ4v) is 4.52. The van der Waals surface area contributed by atoms with Crippen molar-refractivity contribution in [3.05, 3.63) is 66.2 Å². The van der Waals surface area contributed by atoms with Crippen molar-refractivity contribution >= 4 is 38.5 Å². The van der Waals surface area contributed by atoms with Gasteiger partial charge < -0.3 is 15.4 Å². The second-order valence-corrected chi connectivity index (χ2v) is 10.8. The highest BCUT2D eigenvalue weighted by molar-refractivity contribution is 7.90. The molecule has 11 nitrogen and oxygen atoms in total. The lowest BCUT2D eigenvalue weighted by atomic mass is 10.1. The number of aromatic nitrogens is 5. The van der Waals surface area contributed by atoms with Gasteiger partial charge in [-0.2, -0.15) is 5.10 Å². The number of hydrogen-bond acceptors (Lipinski definition) is 10. The second kappa shape index (κ2) is 10.7. The molecule has 3 aromatic heterocycles. The van der Waals surface area contributed by atoms with Crippen molar-refractivity contribution in [3.63, 3.8) is 0 Å². The number of carbonyl (C=O) groups excluding carboxylic acids is 1. The predicted octanol–water partition coefficient (Wildman–Crippen LogP) is 4.54. The van der Waals surface area contributed by atoms with E-state index < -0.39 is 9.73 Å². The maximum Gasteiger partial charge on any atom is 0.184 e. The number of hydrogen-bond donors (Lipinski definition) is 3. The molecule has 0 fully saturated rings. The van der Waals surface area contributed by atoms with Gasteiger partial charge in [-0.15, -0.1) is 0 Å². The number of rotatable bonds is 10. The van der Waals surface area contributed by atoms with Gasteiger partial charge in [0.05, 0.1) is 35.4 Å². The Bertz CT molecular complexity index is 1530. The van der Waals surface area contributed by atoms with E-state index in [1.165, 1.54) is 12.5 Å². The Morgan fingerprint density at radius 2 is 1.86 bits per heavy atom. The molecule has 0 radical (unpaired) electrons. The third-order valence-electron chi connectivity index (χ3n) is 5.38. The highest BCUT2D eigenvalue weighted by Gasteiger charge is 2.18. The van der Waals surface area contributed by atoms with Crippen LogP contribution < -0.4 is 15.4 Å². The van der Waals surface area contributed by atoms with Crippen LogP contribution in [0.25, 0.3) is 11.4 Å². The minimum Gasteiger partial charge on any atom is -0.494 e.